The van der Waals surface area contributed by atoms with Crippen molar-refractivity contribution in [1.29, 1.82) is 0 Å². The molecular weight excluding hydrogens is 310 g/mol. The fourth-order valence-corrected chi connectivity index (χ4v) is 2.72. The highest BCUT2D eigenvalue weighted by Gasteiger charge is 2.25. The Morgan fingerprint density at radius 1 is 0.840 bits per heavy atom. The van der Waals surface area contributed by atoms with Crippen LogP contribution in [0.3, 0.4) is 0 Å². The van der Waals surface area contributed by atoms with Crippen molar-refractivity contribution < 1.29 is 4.79 Å². The number of fused-ring (bicyclic) bond motifs is 2. The van der Waals surface area contributed by atoms with E-state index in [1.165, 1.54) is 0 Å². The fraction of sp³-hybridized carbons (Fsp3) is 0.286. The van der Waals surface area contributed by atoms with Crippen LogP contribution in [0.1, 0.15) is 49.2 Å². The average Bonchev–Trinajstić information content (AvgIpc) is 2.70. The number of benzene rings is 2. The van der Waals surface area contributed by atoms with Gasteiger partial charge < -0.3 is 16.0 Å². The van der Waals surface area contributed by atoms with Crippen molar-refractivity contribution in [3.05, 3.63) is 65.2 Å². The van der Waals surface area contributed by atoms with E-state index in [0.29, 0.717) is 11.3 Å². The second-order valence-corrected chi connectivity index (χ2v) is 4.97. The number of carbonyl (C=O) groups excluding carboxylic acids is 1. The summed E-state index contributed by atoms with van der Waals surface area (Å²) in [6, 6.07) is 15.2. The maximum absolute atomic E-state index is 12.8. The minimum Gasteiger partial charge on any atom is -0.396 e. The molecule has 4 nitrogen and oxygen atoms in total. The number of nitrogens with two attached hydrogens (primary N) is 1. The molecule has 25 heavy (non-hydrogen) atoms. The van der Waals surface area contributed by atoms with Gasteiger partial charge in [-0.3, -0.25) is 4.79 Å². The number of nitrogens with one attached hydrogen (secondary N) is 1. The molecule has 134 valence electrons. The zero-order valence-electron chi connectivity index (χ0n) is 16.1. The molecule has 1 amide bonds. The van der Waals surface area contributed by atoms with Crippen LogP contribution in [0.15, 0.2) is 48.5 Å². The Balaban J connectivity index is 0.000000730. The van der Waals surface area contributed by atoms with Gasteiger partial charge >= 0.3 is 0 Å². The lowest BCUT2D eigenvalue weighted by molar-refractivity contribution is 0.0992. The summed E-state index contributed by atoms with van der Waals surface area (Å²) in [7, 11) is 3.59. The summed E-state index contributed by atoms with van der Waals surface area (Å²) in [6.07, 6.45) is 0. The highest BCUT2D eigenvalue weighted by Crippen LogP contribution is 2.33. The highest BCUT2D eigenvalue weighted by molar-refractivity contribution is 6.13. The van der Waals surface area contributed by atoms with E-state index in [9.17, 15) is 4.79 Å². The molecule has 0 fully saturated rings. The molecule has 0 saturated carbocycles. The molecule has 3 N–H and O–H groups in total. The zero-order chi connectivity index (χ0) is 19.0. The van der Waals surface area contributed by atoms with Gasteiger partial charge in [0.05, 0.1) is 17.1 Å². The summed E-state index contributed by atoms with van der Waals surface area (Å²) in [4.78, 5) is 14.4. The maximum atomic E-state index is 12.8. The normalized spacial score (nSPS) is 15.3. The summed E-state index contributed by atoms with van der Waals surface area (Å²) >= 11 is 0. The molecule has 2 aromatic rings. The van der Waals surface area contributed by atoms with Gasteiger partial charge in [-0.05, 0) is 12.1 Å². The van der Waals surface area contributed by atoms with E-state index in [2.05, 4.69) is 5.32 Å². The standard InChI is InChI=1S/C17H17N3O.2C2H6/c1-19-16-11-7-3-4-8-12(11)17(21)20(2)14-10-6-5-9-13(14)15(16)18;2*1-2/h3-10,19H,18H2,1-2H3;2*1-2H3/b16-15-;;. The molecule has 4 heteroatoms. The number of rotatable bonds is 1. The summed E-state index contributed by atoms with van der Waals surface area (Å²) < 4.78 is 0. The molecular formula is C21H29N3O. The molecule has 1 aliphatic rings. The van der Waals surface area contributed by atoms with E-state index < -0.39 is 0 Å². The first kappa shape index (κ1) is 20.3. The summed E-state index contributed by atoms with van der Waals surface area (Å²) in [6.45, 7) is 8.00. The fourth-order valence-electron chi connectivity index (χ4n) is 2.72. The molecule has 2 aromatic carbocycles. The summed E-state index contributed by atoms with van der Waals surface area (Å²) in [5.41, 5.74) is 10.9. The van der Waals surface area contributed by atoms with Gasteiger partial charge in [-0.15, -0.1) is 0 Å². The number of hydrogen-bond donors (Lipinski definition) is 2. The molecule has 0 aromatic heterocycles. The van der Waals surface area contributed by atoms with Crippen LogP contribution in [-0.2, 0) is 0 Å². The molecule has 0 unspecified atom stereocenters. The van der Waals surface area contributed by atoms with Crippen molar-refractivity contribution in [3.63, 3.8) is 0 Å². The number of hydrogen-bond acceptors (Lipinski definition) is 3. The first-order valence-electron chi connectivity index (χ1n) is 8.79. The van der Waals surface area contributed by atoms with Crippen LogP contribution >= 0.6 is 0 Å². The Hall–Kier alpha value is -2.75. The lowest BCUT2D eigenvalue weighted by Crippen LogP contribution is -2.31. The quantitative estimate of drug-likeness (QED) is 0.813. The van der Waals surface area contributed by atoms with Gasteiger partial charge in [0.25, 0.3) is 5.91 Å². The lowest BCUT2D eigenvalue weighted by Gasteiger charge is -2.26. The van der Waals surface area contributed by atoms with Crippen molar-refractivity contribution >= 4 is 23.0 Å². The van der Waals surface area contributed by atoms with Crippen molar-refractivity contribution in [3.8, 4) is 0 Å². The number of para-hydroxylation sites is 1. The Bertz CT molecular complexity index is 750. The summed E-state index contributed by atoms with van der Waals surface area (Å²) in [5.74, 6) is -0.0432. The Kier molecular flexibility index (Phi) is 7.73. The molecule has 0 atom stereocenters. The molecule has 1 aliphatic heterocycles. The summed E-state index contributed by atoms with van der Waals surface area (Å²) in [5, 5.41) is 3.14. The molecule has 0 radical (unpaired) electrons. The molecule has 0 spiro atoms. The van der Waals surface area contributed by atoms with Crippen LogP contribution in [0.4, 0.5) is 5.69 Å². The van der Waals surface area contributed by atoms with Crippen LogP contribution in [0, 0.1) is 0 Å². The predicted molar refractivity (Wildman–Crippen MR) is 108 cm³/mol. The third kappa shape index (κ3) is 3.85. The van der Waals surface area contributed by atoms with Crippen LogP contribution in [0.5, 0.6) is 0 Å². The average molecular weight is 339 g/mol. The van der Waals surface area contributed by atoms with Crippen molar-refractivity contribution in [2.24, 2.45) is 5.73 Å². The molecule has 0 aliphatic carbocycles. The third-order valence-corrected chi connectivity index (χ3v) is 3.81. The molecule has 1 heterocycles. The van der Waals surface area contributed by atoms with Crippen LogP contribution in [-0.4, -0.2) is 20.0 Å². The van der Waals surface area contributed by atoms with Gasteiger partial charge in [0.1, 0.15) is 0 Å². The van der Waals surface area contributed by atoms with Gasteiger partial charge in [0.15, 0.2) is 0 Å². The zero-order valence-corrected chi connectivity index (χ0v) is 16.1. The predicted octanol–water partition coefficient (Wildman–Crippen LogP) is 4.33. The third-order valence-electron chi connectivity index (χ3n) is 3.81. The lowest BCUT2D eigenvalue weighted by atomic mass is 9.96. The SMILES string of the molecule is CC.CC.CN/C1=C(\N)c2ccccc2N(C)C(=O)c2ccccc21. The largest absolute Gasteiger partial charge is 0.396 e. The monoisotopic (exact) mass is 339 g/mol. The smallest absolute Gasteiger partial charge is 0.258 e. The first-order valence-corrected chi connectivity index (χ1v) is 8.79. The molecule has 0 bridgehead atoms. The van der Waals surface area contributed by atoms with Crippen molar-refractivity contribution in [2.75, 3.05) is 19.0 Å². The van der Waals surface area contributed by atoms with Gasteiger partial charge in [-0.2, -0.15) is 0 Å². The van der Waals surface area contributed by atoms with E-state index in [1.54, 1.807) is 11.9 Å². The van der Waals surface area contributed by atoms with Gasteiger partial charge in [0, 0.05) is 30.8 Å². The van der Waals surface area contributed by atoms with Gasteiger partial charge in [-0.25, -0.2) is 0 Å². The van der Waals surface area contributed by atoms with E-state index >= 15 is 0 Å². The molecule has 0 saturated heterocycles. The van der Waals surface area contributed by atoms with Crippen molar-refractivity contribution in [2.45, 2.75) is 27.7 Å². The van der Waals surface area contributed by atoms with Crippen LogP contribution in [0.25, 0.3) is 11.4 Å². The van der Waals surface area contributed by atoms with Crippen molar-refractivity contribution in [1.82, 2.24) is 5.32 Å². The highest BCUT2D eigenvalue weighted by atomic mass is 16.2. The Labute approximate surface area is 151 Å². The number of carbonyl (C=O) groups is 1. The van der Waals surface area contributed by atoms with E-state index in [1.807, 2.05) is 83.3 Å². The number of nitrogens with zero attached hydrogens (tertiary/aromatic N) is 1. The van der Waals surface area contributed by atoms with Gasteiger partial charge in [-0.1, -0.05) is 64.1 Å². The Morgan fingerprint density at radius 3 is 1.88 bits per heavy atom. The molecule has 3 rings (SSSR count). The van der Waals surface area contributed by atoms with Gasteiger partial charge in [0.2, 0.25) is 0 Å². The second-order valence-electron chi connectivity index (χ2n) is 4.97. The topological polar surface area (TPSA) is 58.4 Å². The first-order chi connectivity index (χ1) is 12.1. The minimum absolute atomic E-state index is 0.0432. The van der Waals surface area contributed by atoms with Crippen LogP contribution in [0.2, 0.25) is 0 Å². The minimum atomic E-state index is -0.0432. The van der Waals surface area contributed by atoms with E-state index in [4.69, 9.17) is 5.73 Å². The number of anilines is 1. The van der Waals surface area contributed by atoms with E-state index in [0.717, 1.165) is 22.5 Å². The second kappa shape index (κ2) is 9.52. The van der Waals surface area contributed by atoms with Crippen LogP contribution < -0.4 is 16.0 Å². The van der Waals surface area contributed by atoms with E-state index in [-0.39, 0.29) is 5.91 Å². The Morgan fingerprint density at radius 2 is 1.32 bits per heavy atom. The maximum Gasteiger partial charge on any atom is 0.258 e. The number of amides is 1.